The Hall–Kier alpha value is -0.120. The Bertz CT molecular complexity index is 305. The predicted octanol–water partition coefficient (Wildman–Crippen LogP) is 3.74. The number of hydrogen-bond acceptors (Lipinski definition) is 3. The van der Waals surface area contributed by atoms with E-state index in [9.17, 15) is 5.11 Å². The van der Waals surface area contributed by atoms with Crippen molar-refractivity contribution in [1.82, 2.24) is 4.90 Å². The molecule has 3 heteroatoms. The van der Waals surface area contributed by atoms with Crippen LogP contribution in [0.3, 0.4) is 0 Å². The fourth-order valence-corrected chi connectivity index (χ4v) is 4.28. The molecule has 21 heavy (non-hydrogen) atoms. The predicted molar refractivity (Wildman–Crippen MR) is 87.5 cm³/mol. The van der Waals surface area contributed by atoms with Crippen LogP contribution in [0.2, 0.25) is 0 Å². The monoisotopic (exact) mass is 297 g/mol. The third-order valence-corrected chi connectivity index (χ3v) is 5.51. The molecule has 0 amide bonds. The topological polar surface area (TPSA) is 32.7 Å². The van der Waals surface area contributed by atoms with Gasteiger partial charge in [-0.2, -0.15) is 0 Å². The van der Waals surface area contributed by atoms with Crippen LogP contribution in [0.25, 0.3) is 0 Å². The van der Waals surface area contributed by atoms with E-state index in [4.69, 9.17) is 4.74 Å². The van der Waals surface area contributed by atoms with E-state index in [1.165, 1.54) is 51.4 Å². The van der Waals surface area contributed by atoms with Crippen molar-refractivity contribution in [2.24, 2.45) is 0 Å². The molecule has 2 aliphatic rings. The lowest BCUT2D eigenvalue weighted by atomic mass is 9.79. The van der Waals surface area contributed by atoms with Gasteiger partial charge in [0.1, 0.15) is 0 Å². The van der Waals surface area contributed by atoms with Crippen LogP contribution in [0.15, 0.2) is 0 Å². The summed E-state index contributed by atoms with van der Waals surface area (Å²) in [4.78, 5) is 2.50. The van der Waals surface area contributed by atoms with E-state index in [-0.39, 0.29) is 17.2 Å². The van der Waals surface area contributed by atoms with Crippen LogP contribution in [0.1, 0.15) is 79.1 Å². The Morgan fingerprint density at radius 2 is 1.57 bits per heavy atom. The molecule has 2 rings (SSSR count). The Kier molecular flexibility index (Phi) is 5.72. The number of β-amino-alcohol motifs (C(OH)–C–C–N with tert-alkyl or cyclic N) is 1. The second kappa shape index (κ2) is 6.97. The Morgan fingerprint density at radius 3 is 2.14 bits per heavy atom. The van der Waals surface area contributed by atoms with Crippen LogP contribution in [-0.4, -0.2) is 46.4 Å². The van der Waals surface area contributed by atoms with Gasteiger partial charge >= 0.3 is 0 Å². The van der Waals surface area contributed by atoms with Gasteiger partial charge in [-0.25, -0.2) is 0 Å². The van der Waals surface area contributed by atoms with Gasteiger partial charge in [-0.1, -0.05) is 19.3 Å². The molecule has 0 unspecified atom stereocenters. The summed E-state index contributed by atoms with van der Waals surface area (Å²) < 4.78 is 5.95. The molecule has 1 atom stereocenters. The van der Waals surface area contributed by atoms with E-state index in [1.807, 2.05) is 0 Å². The van der Waals surface area contributed by atoms with Crippen LogP contribution in [0.5, 0.6) is 0 Å². The van der Waals surface area contributed by atoms with Gasteiger partial charge in [0, 0.05) is 17.6 Å². The maximum Gasteiger partial charge on any atom is 0.0900 e. The lowest BCUT2D eigenvalue weighted by molar-refractivity contribution is -0.0822. The molecule has 0 bridgehead atoms. The number of nitrogens with zero attached hydrogens (tertiary/aromatic N) is 1. The number of rotatable bonds is 5. The zero-order chi connectivity index (χ0) is 15.5. The number of aliphatic hydroxyl groups is 1. The highest BCUT2D eigenvalue weighted by Gasteiger charge is 2.41. The van der Waals surface area contributed by atoms with Crippen LogP contribution < -0.4 is 0 Å². The van der Waals surface area contributed by atoms with Gasteiger partial charge in [0.25, 0.3) is 0 Å². The summed E-state index contributed by atoms with van der Waals surface area (Å²) in [6, 6.07) is 0. The zero-order valence-corrected chi connectivity index (χ0v) is 14.5. The summed E-state index contributed by atoms with van der Waals surface area (Å²) in [5.74, 6) is 0. The largest absolute Gasteiger partial charge is 0.389 e. The number of hydrogen-bond donors (Lipinski definition) is 1. The van der Waals surface area contributed by atoms with Crippen molar-refractivity contribution in [2.45, 2.75) is 102 Å². The SMILES string of the molecule is CC1(C)CCCC(C)(C)N1C[C@@H](O)COC1CCCCC1. The van der Waals surface area contributed by atoms with E-state index in [0.29, 0.717) is 12.7 Å². The highest BCUT2D eigenvalue weighted by Crippen LogP contribution is 2.38. The summed E-state index contributed by atoms with van der Waals surface area (Å²) in [7, 11) is 0. The maximum atomic E-state index is 10.4. The number of ether oxygens (including phenoxy) is 1. The minimum absolute atomic E-state index is 0.174. The lowest BCUT2D eigenvalue weighted by Crippen LogP contribution is -2.60. The molecule has 1 saturated heterocycles. The summed E-state index contributed by atoms with van der Waals surface area (Å²) in [5.41, 5.74) is 0.348. The summed E-state index contributed by atoms with van der Waals surface area (Å²) in [6.45, 7) is 10.5. The molecule has 1 aliphatic carbocycles. The highest BCUT2D eigenvalue weighted by atomic mass is 16.5. The molecule has 0 spiro atoms. The molecule has 0 aromatic carbocycles. The van der Waals surface area contributed by atoms with E-state index in [1.54, 1.807) is 0 Å². The van der Waals surface area contributed by atoms with Crippen LogP contribution >= 0.6 is 0 Å². The molecule has 1 saturated carbocycles. The Labute approximate surface area is 131 Å². The molecular formula is C18H35NO2. The third-order valence-electron chi connectivity index (χ3n) is 5.51. The first kappa shape index (κ1) is 17.2. The van der Waals surface area contributed by atoms with Gasteiger partial charge < -0.3 is 9.84 Å². The van der Waals surface area contributed by atoms with Gasteiger partial charge in [0.05, 0.1) is 18.8 Å². The lowest BCUT2D eigenvalue weighted by Gasteiger charge is -2.53. The molecule has 124 valence electrons. The first-order chi connectivity index (χ1) is 9.81. The summed E-state index contributed by atoms with van der Waals surface area (Å²) >= 11 is 0. The van der Waals surface area contributed by atoms with Crippen molar-refractivity contribution < 1.29 is 9.84 Å². The van der Waals surface area contributed by atoms with E-state index in [0.717, 1.165) is 6.54 Å². The average molecular weight is 297 g/mol. The maximum absolute atomic E-state index is 10.4. The third kappa shape index (κ3) is 4.67. The van der Waals surface area contributed by atoms with Crippen molar-refractivity contribution in [1.29, 1.82) is 0 Å². The van der Waals surface area contributed by atoms with E-state index >= 15 is 0 Å². The normalized spacial score (nSPS) is 28.4. The van der Waals surface area contributed by atoms with Crippen LogP contribution in [0, 0.1) is 0 Å². The van der Waals surface area contributed by atoms with Crippen molar-refractivity contribution in [2.75, 3.05) is 13.2 Å². The number of aliphatic hydroxyl groups excluding tert-OH is 1. The molecule has 0 radical (unpaired) electrons. The second-order valence-corrected chi connectivity index (χ2v) is 8.34. The molecule has 2 fully saturated rings. The van der Waals surface area contributed by atoms with Gasteiger partial charge in [0.15, 0.2) is 0 Å². The van der Waals surface area contributed by atoms with Gasteiger partial charge in [-0.05, 0) is 59.8 Å². The van der Waals surface area contributed by atoms with Crippen molar-refractivity contribution in [3.63, 3.8) is 0 Å². The summed E-state index contributed by atoms with van der Waals surface area (Å²) in [5, 5.41) is 10.4. The molecule has 0 aromatic heterocycles. The quantitative estimate of drug-likeness (QED) is 0.839. The molecule has 1 aliphatic heterocycles. The first-order valence-corrected chi connectivity index (χ1v) is 8.89. The molecule has 1 N–H and O–H groups in total. The van der Waals surface area contributed by atoms with E-state index < -0.39 is 0 Å². The minimum atomic E-state index is -0.372. The molecule has 1 heterocycles. The fraction of sp³-hybridized carbons (Fsp3) is 1.00. The zero-order valence-electron chi connectivity index (χ0n) is 14.5. The van der Waals surface area contributed by atoms with E-state index in [2.05, 4.69) is 32.6 Å². The Morgan fingerprint density at radius 1 is 1.00 bits per heavy atom. The van der Waals surface area contributed by atoms with Crippen LogP contribution in [-0.2, 0) is 4.74 Å². The smallest absolute Gasteiger partial charge is 0.0900 e. The Balaban J connectivity index is 1.83. The van der Waals surface area contributed by atoms with Gasteiger partial charge in [-0.15, -0.1) is 0 Å². The van der Waals surface area contributed by atoms with Crippen molar-refractivity contribution in [3.8, 4) is 0 Å². The highest BCUT2D eigenvalue weighted by molar-refractivity contribution is 4.97. The van der Waals surface area contributed by atoms with Crippen molar-refractivity contribution in [3.05, 3.63) is 0 Å². The first-order valence-electron chi connectivity index (χ1n) is 8.89. The number of likely N-dealkylation sites (tertiary alicyclic amines) is 1. The fourth-order valence-electron chi connectivity index (χ4n) is 4.28. The van der Waals surface area contributed by atoms with Crippen LogP contribution in [0.4, 0.5) is 0 Å². The molecule has 0 aromatic rings. The molecule has 3 nitrogen and oxygen atoms in total. The minimum Gasteiger partial charge on any atom is -0.389 e. The second-order valence-electron chi connectivity index (χ2n) is 8.34. The van der Waals surface area contributed by atoms with Gasteiger partial charge in [-0.3, -0.25) is 4.90 Å². The van der Waals surface area contributed by atoms with Gasteiger partial charge in [0.2, 0.25) is 0 Å². The summed E-state index contributed by atoms with van der Waals surface area (Å²) in [6.07, 6.45) is 9.99. The number of piperidine rings is 1. The van der Waals surface area contributed by atoms with Crippen molar-refractivity contribution >= 4 is 0 Å². The standard InChI is InChI=1S/C18H35NO2/c1-17(2)11-8-12-18(3,4)19(17)13-15(20)14-21-16-9-6-5-7-10-16/h15-16,20H,5-14H2,1-4H3/t15-/m1/s1. The average Bonchev–Trinajstić information content (AvgIpc) is 2.41. The molecular weight excluding hydrogens is 262 g/mol.